The minimum absolute atomic E-state index is 0.208. The smallest absolute Gasteiger partial charge is 0.0532 e. The van der Waals surface area contributed by atoms with Crippen molar-refractivity contribution in [3.05, 3.63) is 111 Å². The lowest BCUT2D eigenvalue weighted by molar-refractivity contribution is 0.0551. The summed E-state index contributed by atoms with van der Waals surface area (Å²) in [7, 11) is 0. The summed E-state index contributed by atoms with van der Waals surface area (Å²) in [6, 6.07) is 9.46. The van der Waals surface area contributed by atoms with Gasteiger partial charge in [-0.25, -0.2) is 0 Å². The highest BCUT2D eigenvalue weighted by molar-refractivity contribution is 5.42. The fraction of sp³-hybridized carbons (Fsp3) is 0.333. The standard InChI is InChI=1S/C27H37N3/c1-7-17-28(18-8-2)25-23-15-13-14-16-24(23)26(29(19-9-3)20-10-4)27(25)30(21-11-5)22-12-6/h7-16,25-27H,1-6,17-22H2. The van der Waals surface area contributed by atoms with E-state index in [1.54, 1.807) is 0 Å². The summed E-state index contributed by atoms with van der Waals surface area (Å²) < 4.78 is 0. The summed E-state index contributed by atoms with van der Waals surface area (Å²) in [5.41, 5.74) is 2.74. The maximum Gasteiger partial charge on any atom is 0.0532 e. The Morgan fingerprint density at radius 3 is 1.13 bits per heavy atom. The van der Waals surface area contributed by atoms with Crippen molar-refractivity contribution in [2.75, 3.05) is 39.3 Å². The molecule has 1 aromatic rings. The quantitative estimate of drug-likeness (QED) is 0.374. The van der Waals surface area contributed by atoms with E-state index in [1.807, 2.05) is 36.5 Å². The van der Waals surface area contributed by atoms with Crippen LogP contribution in [0.15, 0.2) is 100 Å². The highest BCUT2D eigenvalue weighted by Gasteiger charge is 2.47. The van der Waals surface area contributed by atoms with Crippen LogP contribution in [0.25, 0.3) is 0 Å². The first-order chi connectivity index (χ1) is 14.7. The van der Waals surface area contributed by atoms with Crippen LogP contribution in [-0.2, 0) is 0 Å². The average molecular weight is 404 g/mol. The lowest BCUT2D eigenvalue weighted by atomic mass is 10.00. The lowest BCUT2D eigenvalue weighted by Gasteiger charge is -2.43. The van der Waals surface area contributed by atoms with Gasteiger partial charge >= 0.3 is 0 Å². The lowest BCUT2D eigenvalue weighted by Crippen LogP contribution is -2.50. The Kier molecular flexibility index (Phi) is 9.75. The van der Waals surface area contributed by atoms with Crippen LogP contribution in [-0.4, -0.2) is 60.0 Å². The van der Waals surface area contributed by atoms with Gasteiger partial charge < -0.3 is 0 Å². The van der Waals surface area contributed by atoms with Crippen molar-refractivity contribution >= 4 is 0 Å². The molecule has 1 aromatic carbocycles. The molecule has 0 fully saturated rings. The normalized spacial score (nSPS) is 20.2. The van der Waals surface area contributed by atoms with Crippen LogP contribution < -0.4 is 0 Å². The number of benzene rings is 1. The minimum atomic E-state index is 0.208. The molecule has 2 unspecified atom stereocenters. The van der Waals surface area contributed by atoms with Crippen LogP contribution in [0.2, 0.25) is 0 Å². The van der Waals surface area contributed by atoms with E-state index in [0.29, 0.717) is 0 Å². The van der Waals surface area contributed by atoms with E-state index >= 15 is 0 Å². The monoisotopic (exact) mass is 403 g/mol. The third-order valence-corrected chi connectivity index (χ3v) is 5.67. The zero-order chi connectivity index (χ0) is 21.9. The summed E-state index contributed by atoms with van der Waals surface area (Å²) >= 11 is 0. The van der Waals surface area contributed by atoms with Gasteiger partial charge in [0.2, 0.25) is 0 Å². The Balaban J connectivity index is 2.69. The largest absolute Gasteiger partial charge is 0.289 e. The van der Waals surface area contributed by atoms with Crippen molar-refractivity contribution < 1.29 is 0 Å². The van der Waals surface area contributed by atoms with E-state index in [1.165, 1.54) is 11.1 Å². The summed E-state index contributed by atoms with van der Waals surface area (Å²) in [6.45, 7) is 28.9. The molecule has 30 heavy (non-hydrogen) atoms. The third-order valence-electron chi connectivity index (χ3n) is 5.67. The average Bonchev–Trinajstić information content (AvgIpc) is 3.08. The molecule has 0 aliphatic heterocycles. The predicted octanol–water partition coefficient (Wildman–Crippen LogP) is 5.17. The van der Waals surface area contributed by atoms with Crippen LogP contribution in [0, 0.1) is 0 Å². The molecule has 160 valence electrons. The van der Waals surface area contributed by atoms with E-state index in [2.05, 4.69) is 78.4 Å². The predicted molar refractivity (Wildman–Crippen MR) is 132 cm³/mol. The SMILES string of the molecule is C=CCN(CC=C)C1c2ccccc2C(N(CC=C)CC=C)C1N(CC=C)CC=C. The van der Waals surface area contributed by atoms with Gasteiger partial charge in [0.05, 0.1) is 12.1 Å². The molecule has 0 aromatic heterocycles. The second-order valence-corrected chi connectivity index (χ2v) is 7.60. The topological polar surface area (TPSA) is 9.72 Å². The molecule has 0 bridgehead atoms. The summed E-state index contributed by atoms with van der Waals surface area (Å²) in [5.74, 6) is 0. The molecule has 0 saturated carbocycles. The molecule has 3 heteroatoms. The first-order valence-corrected chi connectivity index (χ1v) is 10.6. The molecule has 0 saturated heterocycles. The highest BCUT2D eigenvalue weighted by Crippen LogP contribution is 2.47. The molecule has 0 radical (unpaired) electrons. The van der Waals surface area contributed by atoms with Gasteiger partial charge in [0, 0.05) is 45.3 Å². The van der Waals surface area contributed by atoms with Crippen LogP contribution in [0.4, 0.5) is 0 Å². The molecule has 3 nitrogen and oxygen atoms in total. The van der Waals surface area contributed by atoms with Crippen molar-refractivity contribution in [3.8, 4) is 0 Å². The van der Waals surface area contributed by atoms with E-state index in [9.17, 15) is 0 Å². The Morgan fingerprint density at radius 1 is 0.533 bits per heavy atom. The van der Waals surface area contributed by atoms with Crippen LogP contribution in [0.3, 0.4) is 0 Å². The van der Waals surface area contributed by atoms with Gasteiger partial charge in [-0.2, -0.15) is 0 Å². The Bertz CT molecular complexity index is 669. The molecular weight excluding hydrogens is 366 g/mol. The fourth-order valence-corrected chi connectivity index (χ4v) is 4.73. The summed E-state index contributed by atoms with van der Waals surface area (Å²) in [6.07, 6.45) is 11.9. The third kappa shape index (κ3) is 5.17. The maximum absolute atomic E-state index is 4.02. The van der Waals surface area contributed by atoms with Crippen molar-refractivity contribution in [1.82, 2.24) is 14.7 Å². The number of rotatable bonds is 15. The number of hydrogen-bond acceptors (Lipinski definition) is 3. The zero-order valence-electron chi connectivity index (χ0n) is 18.3. The van der Waals surface area contributed by atoms with E-state index in [4.69, 9.17) is 0 Å². The van der Waals surface area contributed by atoms with Gasteiger partial charge in [-0.15, -0.1) is 39.5 Å². The molecule has 2 atom stereocenters. The first kappa shape index (κ1) is 23.8. The van der Waals surface area contributed by atoms with Crippen LogP contribution >= 0.6 is 0 Å². The molecule has 0 amide bonds. The van der Waals surface area contributed by atoms with Gasteiger partial charge in [0.25, 0.3) is 0 Å². The summed E-state index contributed by atoms with van der Waals surface area (Å²) in [4.78, 5) is 7.40. The van der Waals surface area contributed by atoms with E-state index in [0.717, 1.165) is 39.3 Å². The molecule has 0 heterocycles. The number of fused-ring (bicyclic) bond motifs is 1. The van der Waals surface area contributed by atoms with Gasteiger partial charge in [-0.05, 0) is 11.1 Å². The first-order valence-electron chi connectivity index (χ1n) is 10.6. The van der Waals surface area contributed by atoms with Crippen molar-refractivity contribution in [2.24, 2.45) is 0 Å². The maximum atomic E-state index is 4.02. The molecule has 0 N–H and O–H groups in total. The molecule has 1 aliphatic rings. The number of hydrogen-bond donors (Lipinski definition) is 0. The van der Waals surface area contributed by atoms with Crippen LogP contribution in [0.1, 0.15) is 23.2 Å². The van der Waals surface area contributed by atoms with Crippen molar-refractivity contribution in [1.29, 1.82) is 0 Å². The van der Waals surface area contributed by atoms with Crippen molar-refractivity contribution in [2.45, 2.75) is 18.1 Å². The van der Waals surface area contributed by atoms with Gasteiger partial charge in [0.15, 0.2) is 0 Å². The van der Waals surface area contributed by atoms with Gasteiger partial charge in [0.1, 0.15) is 0 Å². The highest BCUT2D eigenvalue weighted by atomic mass is 15.3. The van der Waals surface area contributed by atoms with Gasteiger partial charge in [-0.1, -0.05) is 60.7 Å². The molecule has 2 rings (SSSR count). The van der Waals surface area contributed by atoms with Crippen LogP contribution in [0.5, 0.6) is 0 Å². The molecule has 1 aliphatic carbocycles. The molecule has 0 spiro atoms. The zero-order valence-corrected chi connectivity index (χ0v) is 18.3. The molecular formula is C27H37N3. The van der Waals surface area contributed by atoms with Crippen molar-refractivity contribution in [3.63, 3.8) is 0 Å². The van der Waals surface area contributed by atoms with E-state index < -0.39 is 0 Å². The fourth-order valence-electron chi connectivity index (χ4n) is 4.73. The second-order valence-electron chi connectivity index (χ2n) is 7.60. The Hall–Kier alpha value is -2.46. The van der Waals surface area contributed by atoms with Gasteiger partial charge in [-0.3, -0.25) is 14.7 Å². The number of nitrogens with zero attached hydrogens (tertiary/aromatic N) is 3. The summed E-state index contributed by atoms with van der Waals surface area (Å²) in [5, 5.41) is 0. The minimum Gasteiger partial charge on any atom is -0.289 e. The second kappa shape index (κ2) is 12.3. The Morgan fingerprint density at radius 2 is 0.833 bits per heavy atom. The van der Waals surface area contributed by atoms with E-state index in [-0.39, 0.29) is 18.1 Å². The Labute approximate surface area is 183 Å².